The van der Waals surface area contributed by atoms with Gasteiger partial charge in [0.1, 0.15) is 11.5 Å². The summed E-state index contributed by atoms with van der Waals surface area (Å²) in [5.74, 6) is -1.09. The highest BCUT2D eigenvalue weighted by molar-refractivity contribution is 5.89. The molecule has 0 N–H and O–H groups in total. The van der Waals surface area contributed by atoms with Crippen molar-refractivity contribution < 1.29 is 13.9 Å². The van der Waals surface area contributed by atoms with E-state index in [0.717, 1.165) is 6.07 Å². The number of hydrogen-bond donors (Lipinski definition) is 0. The second kappa shape index (κ2) is 4.14. The molecule has 0 saturated heterocycles. The minimum Gasteiger partial charge on any atom is -0.465 e. The lowest BCUT2D eigenvalue weighted by Gasteiger charge is -2.04. The average molecular weight is 220 g/mol. The molecule has 5 heteroatoms. The van der Waals surface area contributed by atoms with Crippen molar-refractivity contribution in [1.82, 2.24) is 9.78 Å². The molecule has 1 heterocycles. The smallest absolute Gasteiger partial charge is 0.337 e. The van der Waals surface area contributed by atoms with Gasteiger partial charge in [0.15, 0.2) is 0 Å². The topological polar surface area (TPSA) is 44.1 Å². The van der Waals surface area contributed by atoms with Crippen LogP contribution in [0.1, 0.15) is 10.4 Å². The van der Waals surface area contributed by atoms with Gasteiger partial charge in [-0.05, 0) is 24.3 Å². The van der Waals surface area contributed by atoms with E-state index in [4.69, 9.17) is 0 Å². The number of aromatic nitrogens is 2. The Morgan fingerprint density at radius 3 is 2.88 bits per heavy atom. The Labute approximate surface area is 91.3 Å². The van der Waals surface area contributed by atoms with E-state index in [-0.39, 0.29) is 11.3 Å². The molecule has 0 fully saturated rings. The standard InChI is InChI=1S/C11H9FN2O2/c1-16-11(15)8-3-4-10(9(12)7-8)14-6-2-5-13-14/h2-7H,1H3. The van der Waals surface area contributed by atoms with Crippen molar-refractivity contribution in [3.05, 3.63) is 48.0 Å². The van der Waals surface area contributed by atoms with E-state index in [1.165, 1.54) is 23.9 Å². The zero-order valence-corrected chi connectivity index (χ0v) is 8.55. The maximum Gasteiger partial charge on any atom is 0.337 e. The summed E-state index contributed by atoms with van der Waals surface area (Å²) in [4.78, 5) is 11.2. The molecule has 82 valence electrons. The Morgan fingerprint density at radius 1 is 1.50 bits per heavy atom. The number of benzene rings is 1. The quantitative estimate of drug-likeness (QED) is 0.725. The molecule has 0 aliphatic rings. The van der Waals surface area contributed by atoms with Crippen LogP contribution in [0.15, 0.2) is 36.7 Å². The normalized spacial score (nSPS) is 10.1. The lowest BCUT2D eigenvalue weighted by atomic mass is 10.2. The lowest BCUT2D eigenvalue weighted by Crippen LogP contribution is -2.04. The molecule has 1 aromatic carbocycles. The zero-order chi connectivity index (χ0) is 11.5. The van der Waals surface area contributed by atoms with Gasteiger partial charge in [-0.2, -0.15) is 5.10 Å². The van der Waals surface area contributed by atoms with Crippen LogP contribution in [0, 0.1) is 5.82 Å². The number of hydrogen-bond acceptors (Lipinski definition) is 3. The van der Waals surface area contributed by atoms with Gasteiger partial charge in [-0.1, -0.05) is 0 Å². The van der Waals surface area contributed by atoms with Crippen LogP contribution in [-0.4, -0.2) is 22.9 Å². The highest BCUT2D eigenvalue weighted by Crippen LogP contribution is 2.14. The molecule has 0 saturated carbocycles. The molecule has 0 amide bonds. The van der Waals surface area contributed by atoms with Gasteiger partial charge in [0.25, 0.3) is 0 Å². The largest absolute Gasteiger partial charge is 0.465 e. The summed E-state index contributed by atoms with van der Waals surface area (Å²) in [5.41, 5.74) is 0.466. The minimum atomic E-state index is -0.564. The Hall–Kier alpha value is -2.17. The van der Waals surface area contributed by atoms with Crippen molar-refractivity contribution in [3.63, 3.8) is 0 Å². The van der Waals surface area contributed by atoms with Gasteiger partial charge in [-0.25, -0.2) is 13.9 Å². The summed E-state index contributed by atoms with van der Waals surface area (Å²) >= 11 is 0. The Bertz CT molecular complexity index is 509. The van der Waals surface area contributed by atoms with Crippen LogP contribution in [0.5, 0.6) is 0 Å². The van der Waals surface area contributed by atoms with Gasteiger partial charge in [0.2, 0.25) is 0 Å². The average Bonchev–Trinajstić information content (AvgIpc) is 2.81. The van der Waals surface area contributed by atoms with Crippen molar-refractivity contribution in [2.24, 2.45) is 0 Å². The molecule has 0 aliphatic carbocycles. The van der Waals surface area contributed by atoms with Crippen LogP contribution in [-0.2, 0) is 4.74 Å². The fourth-order valence-corrected chi connectivity index (χ4v) is 1.35. The first kappa shape index (κ1) is 10.4. The molecule has 4 nitrogen and oxygen atoms in total. The first-order valence-corrected chi connectivity index (χ1v) is 4.60. The third-order valence-corrected chi connectivity index (χ3v) is 2.12. The van der Waals surface area contributed by atoms with E-state index in [0.29, 0.717) is 0 Å². The van der Waals surface area contributed by atoms with Gasteiger partial charge in [-0.15, -0.1) is 0 Å². The second-order valence-corrected chi connectivity index (χ2v) is 3.11. The predicted molar refractivity (Wildman–Crippen MR) is 54.9 cm³/mol. The van der Waals surface area contributed by atoms with Crippen LogP contribution in [0.25, 0.3) is 5.69 Å². The molecule has 0 radical (unpaired) electrons. The Balaban J connectivity index is 2.41. The second-order valence-electron chi connectivity index (χ2n) is 3.11. The number of carbonyl (C=O) groups is 1. The Morgan fingerprint density at radius 2 is 2.31 bits per heavy atom. The molecule has 1 aromatic heterocycles. The molecule has 0 unspecified atom stereocenters. The number of methoxy groups -OCH3 is 1. The summed E-state index contributed by atoms with van der Waals surface area (Å²) < 4.78 is 19.5. The van der Waals surface area contributed by atoms with Crippen LogP contribution in [0.4, 0.5) is 4.39 Å². The Kier molecular flexibility index (Phi) is 2.68. The summed E-state index contributed by atoms with van der Waals surface area (Å²) in [6.45, 7) is 0. The minimum absolute atomic E-state index is 0.177. The fraction of sp³-hybridized carbons (Fsp3) is 0.0909. The van der Waals surface area contributed by atoms with E-state index in [2.05, 4.69) is 9.84 Å². The van der Waals surface area contributed by atoms with E-state index in [1.807, 2.05) is 0 Å². The number of ether oxygens (including phenoxy) is 1. The van der Waals surface area contributed by atoms with Crippen LogP contribution >= 0.6 is 0 Å². The lowest BCUT2D eigenvalue weighted by molar-refractivity contribution is 0.0600. The molecule has 0 aliphatic heterocycles. The zero-order valence-electron chi connectivity index (χ0n) is 8.55. The first-order chi connectivity index (χ1) is 7.72. The van der Waals surface area contributed by atoms with Gasteiger partial charge in [0.05, 0.1) is 12.7 Å². The number of carbonyl (C=O) groups excluding carboxylic acids is 1. The predicted octanol–water partition coefficient (Wildman–Crippen LogP) is 1.80. The first-order valence-electron chi connectivity index (χ1n) is 4.60. The van der Waals surface area contributed by atoms with Crippen molar-refractivity contribution in [3.8, 4) is 5.69 Å². The van der Waals surface area contributed by atoms with Gasteiger partial charge < -0.3 is 4.74 Å². The highest BCUT2D eigenvalue weighted by Gasteiger charge is 2.10. The maximum absolute atomic E-state index is 13.6. The summed E-state index contributed by atoms with van der Waals surface area (Å²) in [7, 11) is 1.25. The van der Waals surface area contributed by atoms with Gasteiger partial charge in [0, 0.05) is 12.4 Å². The third kappa shape index (κ3) is 1.79. The summed E-state index contributed by atoms with van der Waals surface area (Å²) in [6.07, 6.45) is 3.17. The summed E-state index contributed by atoms with van der Waals surface area (Å²) in [5, 5.41) is 3.90. The van der Waals surface area contributed by atoms with Gasteiger partial charge >= 0.3 is 5.97 Å². The van der Waals surface area contributed by atoms with Crippen molar-refractivity contribution in [2.75, 3.05) is 7.11 Å². The molecular formula is C11H9FN2O2. The van der Waals surface area contributed by atoms with E-state index in [9.17, 15) is 9.18 Å². The van der Waals surface area contributed by atoms with E-state index >= 15 is 0 Å². The maximum atomic E-state index is 13.6. The monoisotopic (exact) mass is 220 g/mol. The van der Waals surface area contributed by atoms with Gasteiger partial charge in [-0.3, -0.25) is 0 Å². The SMILES string of the molecule is COC(=O)c1ccc(-n2cccn2)c(F)c1. The molecule has 16 heavy (non-hydrogen) atoms. The number of rotatable bonds is 2. The van der Waals surface area contributed by atoms with Crippen LogP contribution in [0.2, 0.25) is 0 Å². The molecular weight excluding hydrogens is 211 g/mol. The molecule has 0 bridgehead atoms. The van der Waals surface area contributed by atoms with Crippen LogP contribution in [0.3, 0.4) is 0 Å². The molecule has 2 rings (SSSR count). The number of halogens is 1. The highest BCUT2D eigenvalue weighted by atomic mass is 19.1. The van der Waals surface area contributed by atoms with Crippen molar-refractivity contribution in [1.29, 1.82) is 0 Å². The number of esters is 1. The van der Waals surface area contributed by atoms with E-state index < -0.39 is 11.8 Å². The van der Waals surface area contributed by atoms with E-state index in [1.54, 1.807) is 18.5 Å². The third-order valence-electron chi connectivity index (χ3n) is 2.12. The molecule has 0 spiro atoms. The molecule has 0 atom stereocenters. The van der Waals surface area contributed by atoms with Crippen LogP contribution < -0.4 is 0 Å². The van der Waals surface area contributed by atoms with Crippen molar-refractivity contribution in [2.45, 2.75) is 0 Å². The molecule has 2 aromatic rings. The fourth-order valence-electron chi connectivity index (χ4n) is 1.35. The number of nitrogens with zero attached hydrogens (tertiary/aromatic N) is 2. The summed E-state index contributed by atoms with van der Waals surface area (Å²) in [6, 6.07) is 5.79. The van der Waals surface area contributed by atoms with Crippen molar-refractivity contribution >= 4 is 5.97 Å².